The van der Waals surface area contributed by atoms with E-state index in [1.165, 1.54) is 0 Å². The van der Waals surface area contributed by atoms with Crippen molar-refractivity contribution >= 4 is 22.4 Å². The van der Waals surface area contributed by atoms with Crippen molar-refractivity contribution in [3.05, 3.63) is 54.1 Å². The predicted octanol–water partition coefficient (Wildman–Crippen LogP) is 4.45. The van der Waals surface area contributed by atoms with Crippen molar-refractivity contribution in [1.82, 2.24) is 0 Å². The number of fused-ring (bicyclic) bond motifs is 1. The van der Waals surface area contributed by atoms with Crippen LogP contribution in [0.1, 0.15) is 6.42 Å². The summed E-state index contributed by atoms with van der Waals surface area (Å²) in [6, 6.07) is 11.9. The highest BCUT2D eigenvalue weighted by molar-refractivity contribution is 6.37. The highest BCUT2D eigenvalue weighted by Gasteiger charge is 2.05. The number of ether oxygens (including phenoxy) is 1. The zero-order valence-corrected chi connectivity index (χ0v) is 9.70. The molecule has 0 aliphatic heterocycles. The second-order valence-corrected chi connectivity index (χ2v) is 3.90. The summed E-state index contributed by atoms with van der Waals surface area (Å²) in [5.74, 6) is 0.738. The van der Waals surface area contributed by atoms with E-state index in [1.807, 2.05) is 42.5 Å². The third kappa shape index (κ3) is 2.20. The van der Waals surface area contributed by atoms with Crippen LogP contribution in [0.2, 0.25) is 5.02 Å². The van der Waals surface area contributed by atoms with Crippen LogP contribution in [0.5, 0.6) is 5.75 Å². The smallest absolute Gasteiger partial charge is 0.138 e. The van der Waals surface area contributed by atoms with Gasteiger partial charge in [0.1, 0.15) is 5.75 Å². The van der Waals surface area contributed by atoms with Gasteiger partial charge >= 0.3 is 0 Å². The monoisotopic (exact) mass is 232 g/mol. The fourth-order valence-corrected chi connectivity index (χ4v) is 1.87. The maximum Gasteiger partial charge on any atom is 0.138 e. The lowest BCUT2D eigenvalue weighted by atomic mass is 10.1. The molecule has 0 N–H and O–H groups in total. The SMILES string of the molecule is C=CCCOc1ccc2ccccc2c1Cl. The molecule has 2 aromatic carbocycles. The van der Waals surface area contributed by atoms with Crippen molar-refractivity contribution in [2.45, 2.75) is 6.42 Å². The average Bonchev–Trinajstić information content (AvgIpc) is 2.33. The Balaban J connectivity index is 2.33. The van der Waals surface area contributed by atoms with Crippen LogP contribution in [0.15, 0.2) is 49.1 Å². The van der Waals surface area contributed by atoms with Gasteiger partial charge in [-0.3, -0.25) is 0 Å². The first-order valence-corrected chi connectivity index (χ1v) is 5.61. The quantitative estimate of drug-likeness (QED) is 0.559. The van der Waals surface area contributed by atoms with Crippen molar-refractivity contribution in [3.63, 3.8) is 0 Å². The Labute approximate surface area is 100 Å². The van der Waals surface area contributed by atoms with Crippen molar-refractivity contribution < 1.29 is 4.74 Å². The molecule has 0 atom stereocenters. The zero-order valence-electron chi connectivity index (χ0n) is 8.95. The Kier molecular flexibility index (Phi) is 3.47. The van der Waals surface area contributed by atoms with E-state index in [-0.39, 0.29) is 0 Å². The topological polar surface area (TPSA) is 9.23 Å². The molecule has 2 rings (SSSR count). The molecule has 2 heteroatoms. The van der Waals surface area contributed by atoms with Gasteiger partial charge in [0.15, 0.2) is 0 Å². The number of halogens is 1. The molecule has 0 amide bonds. The first kappa shape index (κ1) is 11.0. The van der Waals surface area contributed by atoms with Gasteiger partial charge in [0.05, 0.1) is 11.6 Å². The molecule has 0 spiro atoms. The molecule has 0 heterocycles. The second-order valence-electron chi connectivity index (χ2n) is 3.52. The predicted molar refractivity (Wildman–Crippen MR) is 69.3 cm³/mol. The number of rotatable bonds is 4. The molecule has 0 saturated carbocycles. The Morgan fingerprint density at radius 3 is 2.81 bits per heavy atom. The molecule has 16 heavy (non-hydrogen) atoms. The van der Waals surface area contributed by atoms with E-state index in [0.717, 1.165) is 22.9 Å². The largest absolute Gasteiger partial charge is 0.492 e. The van der Waals surface area contributed by atoms with Crippen molar-refractivity contribution in [2.75, 3.05) is 6.61 Å². The third-order valence-corrected chi connectivity index (χ3v) is 2.80. The lowest BCUT2D eigenvalue weighted by molar-refractivity contribution is 0.325. The van der Waals surface area contributed by atoms with Gasteiger partial charge in [0.25, 0.3) is 0 Å². The van der Waals surface area contributed by atoms with Crippen LogP contribution in [0, 0.1) is 0 Å². The summed E-state index contributed by atoms with van der Waals surface area (Å²) < 4.78 is 5.58. The lowest BCUT2D eigenvalue weighted by Crippen LogP contribution is -1.96. The highest BCUT2D eigenvalue weighted by Crippen LogP contribution is 2.32. The van der Waals surface area contributed by atoms with Gasteiger partial charge in [0.2, 0.25) is 0 Å². The minimum atomic E-state index is 0.613. The van der Waals surface area contributed by atoms with E-state index < -0.39 is 0 Å². The Bertz CT molecular complexity index is 505. The number of hydrogen-bond donors (Lipinski definition) is 0. The van der Waals surface area contributed by atoms with E-state index in [0.29, 0.717) is 11.6 Å². The Hall–Kier alpha value is -1.47. The van der Waals surface area contributed by atoms with Crippen LogP contribution in [0.3, 0.4) is 0 Å². The van der Waals surface area contributed by atoms with Gasteiger partial charge < -0.3 is 4.74 Å². The number of hydrogen-bond acceptors (Lipinski definition) is 1. The van der Waals surface area contributed by atoms with Gasteiger partial charge in [-0.1, -0.05) is 48.0 Å². The van der Waals surface area contributed by atoms with E-state index in [2.05, 4.69) is 6.58 Å². The van der Waals surface area contributed by atoms with E-state index in [4.69, 9.17) is 16.3 Å². The van der Waals surface area contributed by atoms with Crippen molar-refractivity contribution in [3.8, 4) is 5.75 Å². The first-order valence-electron chi connectivity index (χ1n) is 5.24. The molecule has 2 aromatic rings. The van der Waals surface area contributed by atoms with Crippen LogP contribution in [-0.4, -0.2) is 6.61 Å². The molecule has 0 fully saturated rings. The van der Waals surface area contributed by atoms with Gasteiger partial charge in [-0.05, 0) is 17.9 Å². The summed E-state index contributed by atoms with van der Waals surface area (Å²) in [6.45, 7) is 4.26. The van der Waals surface area contributed by atoms with Gasteiger partial charge in [-0.25, -0.2) is 0 Å². The summed E-state index contributed by atoms with van der Waals surface area (Å²) >= 11 is 6.27. The van der Waals surface area contributed by atoms with E-state index in [1.54, 1.807) is 0 Å². The molecule has 0 bridgehead atoms. The number of benzene rings is 2. The molecule has 0 radical (unpaired) electrons. The van der Waals surface area contributed by atoms with Crippen LogP contribution in [0.25, 0.3) is 10.8 Å². The standard InChI is InChI=1S/C14H13ClO/c1-2-3-10-16-13-9-8-11-6-4-5-7-12(11)14(13)15/h2,4-9H,1,3,10H2. The average molecular weight is 233 g/mol. The van der Waals surface area contributed by atoms with Gasteiger partial charge in [0, 0.05) is 5.39 Å². The molecule has 1 nitrogen and oxygen atoms in total. The summed E-state index contributed by atoms with van der Waals surface area (Å²) in [4.78, 5) is 0. The molecule has 0 aliphatic rings. The minimum Gasteiger partial charge on any atom is -0.492 e. The minimum absolute atomic E-state index is 0.613. The normalized spacial score (nSPS) is 10.3. The summed E-state index contributed by atoms with van der Waals surface area (Å²) in [6.07, 6.45) is 2.65. The summed E-state index contributed by atoms with van der Waals surface area (Å²) in [5.41, 5.74) is 0. The molecule has 0 aromatic heterocycles. The van der Waals surface area contributed by atoms with Gasteiger partial charge in [-0.2, -0.15) is 0 Å². The fourth-order valence-electron chi connectivity index (χ4n) is 1.58. The molecule has 0 saturated heterocycles. The van der Waals surface area contributed by atoms with Crippen molar-refractivity contribution in [2.24, 2.45) is 0 Å². The molecular formula is C14H13ClO. The molecule has 0 unspecified atom stereocenters. The fraction of sp³-hybridized carbons (Fsp3) is 0.143. The zero-order chi connectivity index (χ0) is 11.4. The van der Waals surface area contributed by atoms with Crippen LogP contribution in [-0.2, 0) is 0 Å². The van der Waals surface area contributed by atoms with Crippen LogP contribution in [0.4, 0.5) is 0 Å². The van der Waals surface area contributed by atoms with Gasteiger partial charge in [-0.15, -0.1) is 6.58 Å². The maximum absolute atomic E-state index is 6.27. The summed E-state index contributed by atoms with van der Waals surface area (Å²) in [5, 5.41) is 2.84. The molecule has 82 valence electrons. The highest BCUT2D eigenvalue weighted by atomic mass is 35.5. The van der Waals surface area contributed by atoms with E-state index in [9.17, 15) is 0 Å². The maximum atomic E-state index is 6.27. The Morgan fingerprint density at radius 2 is 2.00 bits per heavy atom. The van der Waals surface area contributed by atoms with E-state index >= 15 is 0 Å². The third-order valence-electron chi connectivity index (χ3n) is 2.41. The summed E-state index contributed by atoms with van der Waals surface area (Å²) in [7, 11) is 0. The molecular weight excluding hydrogens is 220 g/mol. The van der Waals surface area contributed by atoms with Crippen LogP contribution >= 0.6 is 11.6 Å². The molecule has 0 aliphatic carbocycles. The van der Waals surface area contributed by atoms with Crippen molar-refractivity contribution in [1.29, 1.82) is 0 Å². The second kappa shape index (κ2) is 5.04. The first-order chi connectivity index (χ1) is 7.83. The Morgan fingerprint density at radius 1 is 1.19 bits per heavy atom. The lowest BCUT2D eigenvalue weighted by Gasteiger charge is -2.08. The van der Waals surface area contributed by atoms with Crippen LogP contribution < -0.4 is 4.74 Å².